The summed E-state index contributed by atoms with van der Waals surface area (Å²) in [5, 5.41) is 17.7. The quantitative estimate of drug-likeness (QED) is 0.506. The van der Waals surface area contributed by atoms with Crippen LogP contribution in [0.25, 0.3) is 0 Å². The van der Waals surface area contributed by atoms with Crippen LogP contribution in [-0.2, 0) is 4.79 Å². The molecule has 19 heavy (non-hydrogen) atoms. The largest absolute Gasteiger partial charge is 0.395 e. The summed E-state index contributed by atoms with van der Waals surface area (Å²) in [5.41, 5.74) is 0. The van der Waals surface area contributed by atoms with Crippen LogP contribution in [0.1, 0.15) is 64.7 Å². The molecule has 0 bridgehead atoms. The molecule has 0 aromatic rings. The third-order valence-electron chi connectivity index (χ3n) is 3.34. The maximum Gasteiger partial charge on any atom is 0.222 e. The summed E-state index contributed by atoms with van der Waals surface area (Å²) in [6, 6.07) is 0. The van der Waals surface area contributed by atoms with Crippen LogP contribution < -0.4 is 0 Å². The lowest BCUT2D eigenvalue weighted by Gasteiger charge is -2.20. The number of aliphatic hydroxyl groups excluding tert-OH is 2. The van der Waals surface area contributed by atoms with Crippen molar-refractivity contribution >= 4 is 5.91 Å². The number of rotatable bonds is 13. The minimum absolute atomic E-state index is 0.0385. The van der Waals surface area contributed by atoms with Crippen LogP contribution in [0.4, 0.5) is 0 Å². The molecule has 0 aliphatic rings. The summed E-state index contributed by atoms with van der Waals surface area (Å²) in [5.74, 6) is 0.0501. The van der Waals surface area contributed by atoms with Gasteiger partial charge >= 0.3 is 0 Å². The van der Waals surface area contributed by atoms with E-state index in [1.165, 1.54) is 38.5 Å². The molecule has 0 aliphatic heterocycles. The van der Waals surface area contributed by atoms with E-state index in [9.17, 15) is 4.79 Å². The van der Waals surface area contributed by atoms with E-state index in [1.54, 1.807) is 4.90 Å². The number of carbonyl (C=O) groups excluding carboxylic acids is 1. The average Bonchev–Trinajstić information content (AvgIpc) is 2.41. The molecular formula is C15H31NO3. The Balaban J connectivity index is 3.50. The first-order chi connectivity index (χ1) is 9.26. The predicted octanol–water partition coefficient (Wildman–Crippen LogP) is 2.33. The van der Waals surface area contributed by atoms with E-state index < -0.39 is 0 Å². The molecule has 0 spiro atoms. The van der Waals surface area contributed by atoms with Gasteiger partial charge in [0.15, 0.2) is 0 Å². The molecule has 0 atom stereocenters. The second kappa shape index (κ2) is 13.8. The molecular weight excluding hydrogens is 242 g/mol. The predicted molar refractivity (Wildman–Crippen MR) is 78.0 cm³/mol. The zero-order valence-corrected chi connectivity index (χ0v) is 12.4. The summed E-state index contributed by atoms with van der Waals surface area (Å²) in [4.78, 5) is 13.3. The summed E-state index contributed by atoms with van der Waals surface area (Å²) in [7, 11) is 0. The number of hydrogen-bond acceptors (Lipinski definition) is 3. The Labute approximate surface area is 117 Å². The molecule has 4 nitrogen and oxygen atoms in total. The van der Waals surface area contributed by atoms with E-state index >= 15 is 0 Å². The Bertz CT molecular complexity index is 204. The number of carbonyl (C=O) groups is 1. The van der Waals surface area contributed by atoms with Crippen LogP contribution >= 0.6 is 0 Å². The van der Waals surface area contributed by atoms with E-state index in [4.69, 9.17) is 10.2 Å². The van der Waals surface area contributed by atoms with Gasteiger partial charge in [-0.15, -0.1) is 0 Å². The van der Waals surface area contributed by atoms with Gasteiger partial charge in [-0.3, -0.25) is 4.79 Å². The van der Waals surface area contributed by atoms with Crippen molar-refractivity contribution in [2.75, 3.05) is 26.3 Å². The molecule has 0 saturated heterocycles. The number of aliphatic hydroxyl groups is 2. The highest BCUT2D eigenvalue weighted by Crippen LogP contribution is 2.10. The smallest absolute Gasteiger partial charge is 0.222 e. The van der Waals surface area contributed by atoms with Gasteiger partial charge in [0.1, 0.15) is 0 Å². The third-order valence-corrected chi connectivity index (χ3v) is 3.34. The lowest BCUT2D eigenvalue weighted by atomic mass is 10.1. The van der Waals surface area contributed by atoms with Crippen LogP contribution in [0.15, 0.2) is 0 Å². The van der Waals surface area contributed by atoms with Crippen LogP contribution in [0.5, 0.6) is 0 Å². The molecule has 114 valence electrons. The Morgan fingerprint density at radius 2 is 1.32 bits per heavy atom. The third kappa shape index (κ3) is 11.0. The van der Waals surface area contributed by atoms with E-state index in [2.05, 4.69) is 6.92 Å². The average molecular weight is 273 g/mol. The first kappa shape index (κ1) is 18.4. The van der Waals surface area contributed by atoms with Gasteiger partial charge < -0.3 is 15.1 Å². The SMILES string of the molecule is CCCCCCCCCCC(=O)N(CCO)CCO. The highest BCUT2D eigenvalue weighted by atomic mass is 16.3. The van der Waals surface area contributed by atoms with Gasteiger partial charge in [-0.05, 0) is 6.42 Å². The van der Waals surface area contributed by atoms with Gasteiger partial charge in [0.25, 0.3) is 0 Å². The standard InChI is InChI=1S/C15H31NO3/c1-2-3-4-5-6-7-8-9-10-15(19)16(11-13-17)12-14-18/h17-18H,2-14H2,1H3. The first-order valence-electron chi connectivity index (χ1n) is 7.75. The molecule has 0 aliphatic carbocycles. The molecule has 4 heteroatoms. The zero-order chi connectivity index (χ0) is 14.3. The van der Waals surface area contributed by atoms with Crippen molar-refractivity contribution in [2.45, 2.75) is 64.7 Å². The minimum atomic E-state index is -0.0385. The zero-order valence-electron chi connectivity index (χ0n) is 12.4. The van der Waals surface area contributed by atoms with Crippen molar-refractivity contribution in [1.82, 2.24) is 4.90 Å². The van der Waals surface area contributed by atoms with Crippen molar-refractivity contribution in [2.24, 2.45) is 0 Å². The van der Waals surface area contributed by atoms with Crippen LogP contribution in [0.3, 0.4) is 0 Å². The Morgan fingerprint density at radius 1 is 0.842 bits per heavy atom. The van der Waals surface area contributed by atoms with Gasteiger partial charge in [0, 0.05) is 19.5 Å². The van der Waals surface area contributed by atoms with E-state index in [0.717, 1.165) is 12.8 Å². The summed E-state index contributed by atoms with van der Waals surface area (Å²) in [6.45, 7) is 2.80. The molecule has 0 radical (unpaired) electrons. The van der Waals surface area contributed by atoms with Crippen molar-refractivity contribution < 1.29 is 15.0 Å². The molecule has 0 aromatic heterocycles. The maximum absolute atomic E-state index is 11.8. The molecule has 0 unspecified atom stereocenters. The highest BCUT2D eigenvalue weighted by Gasteiger charge is 2.11. The van der Waals surface area contributed by atoms with Crippen LogP contribution in [-0.4, -0.2) is 47.3 Å². The fourth-order valence-corrected chi connectivity index (χ4v) is 2.17. The number of unbranched alkanes of at least 4 members (excludes halogenated alkanes) is 7. The summed E-state index contributed by atoms with van der Waals surface area (Å²) in [6.07, 6.45) is 10.3. The second-order valence-electron chi connectivity index (χ2n) is 5.05. The molecule has 0 fully saturated rings. The minimum Gasteiger partial charge on any atom is -0.395 e. The number of nitrogens with zero attached hydrogens (tertiary/aromatic N) is 1. The van der Waals surface area contributed by atoms with Gasteiger partial charge in [-0.2, -0.15) is 0 Å². The van der Waals surface area contributed by atoms with Crippen molar-refractivity contribution in [3.63, 3.8) is 0 Å². The van der Waals surface area contributed by atoms with E-state index in [-0.39, 0.29) is 19.1 Å². The molecule has 1 amide bonds. The number of hydrogen-bond donors (Lipinski definition) is 2. The lowest BCUT2D eigenvalue weighted by molar-refractivity contribution is -0.132. The van der Waals surface area contributed by atoms with Crippen LogP contribution in [0.2, 0.25) is 0 Å². The highest BCUT2D eigenvalue weighted by molar-refractivity contribution is 5.76. The van der Waals surface area contributed by atoms with Crippen molar-refractivity contribution in [1.29, 1.82) is 0 Å². The molecule has 0 rings (SSSR count). The molecule has 0 saturated carbocycles. The molecule has 0 aromatic carbocycles. The van der Waals surface area contributed by atoms with Gasteiger partial charge in [0.2, 0.25) is 5.91 Å². The van der Waals surface area contributed by atoms with Gasteiger partial charge in [-0.25, -0.2) is 0 Å². The monoisotopic (exact) mass is 273 g/mol. The molecule has 0 heterocycles. The normalized spacial score (nSPS) is 10.7. The Morgan fingerprint density at radius 3 is 1.79 bits per heavy atom. The van der Waals surface area contributed by atoms with Crippen LogP contribution in [0, 0.1) is 0 Å². The fourth-order valence-electron chi connectivity index (χ4n) is 2.17. The second-order valence-corrected chi connectivity index (χ2v) is 5.05. The van der Waals surface area contributed by atoms with Crippen molar-refractivity contribution in [3.8, 4) is 0 Å². The fraction of sp³-hybridized carbons (Fsp3) is 0.933. The van der Waals surface area contributed by atoms with E-state index in [0.29, 0.717) is 19.5 Å². The number of amides is 1. The van der Waals surface area contributed by atoms with Gasteiger partial charge in [-0.1, -0.05) is 51.9 Å². The Hall–Kier alpha value is -0.610. The summed E-state index contributed by atoms with van der Waals surface area (Å²) >= 11 is 0. The lowest BCUT2D eigenvalue weighted by Crippen LogP contribution is -2.35. The molecule has 2 N–H and O–H groups in total. The Kier molecular flexibility index (Phi) is 13.4. The summed E-state index contributed by atoms with van der Waals surface area (Å²) < 4.78 is 0. The van der Waals surface area contributed by atoms with E-state index in [1.807, 2.05) is 0 Å². The van der Waals surface area contributed by atoms with Gasteiger partial charge in [0.05, 0.1) is 13.2 Å². The van der Waals surface area contributed by atoms with Crippen molar-refractivity contribution in [3.05, 3.63) is 0 Å². The maximum atomic E-state index is 11.8. The topological polar surface area (TPSA) is 60.8 Å². The first-order valence-corrected chi connectivity index (χ1v) is 7.75.